The molecule has 0 aliphatic heterocycles. The molecular formula is C60H38N2S. The van der Waals surface area contributed by atoms with Crippen LogP contribution in [-0.4, -0.2) is 4.57 Å². The van der Waals surface area contributed by atoms with E-state index in [1.165, 1.54) is 91.0 Å². The van der Waals surface area contributed by atoms with E-state index in [0.717, 1.165) is 28.3 Å². The standard InChI is InChI=1S/C60H38N2S/c1-2-13-39(14-3-1)40-27-33-46(34-28-40)62-54-25-12-24-53(58(54)51-37-31-43-17-6-9-21-50(43)59(51)62)61(45-35-29-44(30-36-45)48-22-10-18-41-15-4-7-19-47(41)48)55-26-11-23-52-57-49-20-8-5-16-42(49)32-38-56(57)63-60(52)55/h1-38H. The van der Waals surface area contributed by atoms with Crippen molar-refractivity contribution in [1.82, 2.24) is 4.57 Å². The Hall–Kier alpha value is -7.98. The van der Waals surface area contributed by atoms with Gasteiger partial charge >= 0.3 is 0 Å². The van der Waals surface area contributed by atoms with E-state index in [-0.39, 0.29) is 0 Å². The highest BCUT2D eigenvalue weighted by molar-refractivity contribution is 7.26. The molecule has 11 aromatic carbocycles. The molecule has 2 aromatic heterocycles. The number of benzene rings is 11. The molecule has 0 N–H and O–H groups in total. The van der Waals surface area contributed by atoms with E-state index in [1.54, 1.807) is 0 Å². The molecule has 0 bridgehead atoms. The van der Waals surface area contributed by atoms with Crippen molar-refractivity contribution in [2.75, 3.05) is 4.90 Å². The Bertz CT molecular complexity index is 3890. The summed E-state index contributed by atoms with van der Waals surface area (Å²) in [6, 6.07) is 84.7. The molecule has 13 aromatic rings. The van der Waals surface area contributed by atoms with E-state index in [2.05, 4.69) is 240 Å². The maximum atomic E-state index is 2.52. The van der Waals surface area contributed by atoms with Gasteiger partial charge in [0.05, 0.1) is 27.1 Å². The Morgan fingerprint density at radius 2 is 0.937 bits per heavy atom. The number of anilines is 3. The van der Waals surface area contributed by atoms with Crippen LogP contribution < -0.4 is 4.90 Å². The van der Waals surface area contributed by atoms with Gasteiger partial charge in [-0.25, -0.2) is 0 Å². The van der Waals surface area contributed by atoms with Crippen molar-refractivity contribution in [2.24, 2.45) is 0 Å². The summed E-state index contributed by atoms with van der Waals surface area (Å²) in [5, 5.41) is 12.5. The third-order valence-corrected chi connectivity index (χ3v) is 14.2. The number of rotatable bonds is 6. The summed E-state index contributed by atoms with van der Waals surface area (Å²) < 4.78 is 5.05. The molecule has 0 amide bonds. The number of fused-ring (bicyclic) bond motifs is 11. The fraction of sp³-hybridized carbons (Fsp3) is 0. The normalized spacial score (nSPS) is 11.8. The molecule has 0 radical (unpaired) electrons. The molecule has 0 saturated carbocycles. The maximum Gasteiger partial charge on any atom is 0.0640 e. The van der Waals surface area contributed by atoms with Crippen LogP contribution in [0, 0.1) is 0 Å². The van der Waals surface area contributed by atoms with Crippen molar-refractivity contribution in [2.45, 2.75) is 0 Å². The van der Waals surface area contributed by atoms with Crippen LogP contribution >= 0.6 is 11.3 Å². The van der Waals surface area contributed by atoms with Crippen LogP contribution in [0.15, 0.2) is 231 Å². The number of aromatic nitrogens is 1. The summed E-state index contributed by atoms with van der Waals surface area (Å²) in [5.41, 5.74) is 11.8. The van der Waals surface area contributed by atoms with Gasteiger partial charge in [0.15, 0.2) is 0 Å². The van der Waals surface area contributed by atoms with Crippen LogP contribution in [0.2, 0.25) is 0 Å². The van der Waals surface area contributed by atoms with E-state index in [1.807, 2.05) is 11.3 Å². The average molecular weight is 819 g/mol. The van der Waals surface area contributed by atoms with Crippen LogP contribution in [0.4, 0.5) is 17.1 Å². The first-order valence-corrected chi connectivity index (χ1v) is 22.4. The van der Waals surface area contributed by atoms with Crippen LogP contribution in [0.25, 0.3) is 102 Å². The number of hydrogen-bond acceptors (Lipinski definition) is 2. The van der Waals surface area contributed by atoms with Gasteiger partial charge in [-0.15, -0.1) is 11.3 Å². The second-order valence-electron chi connectivity index (χ2n) is 16.4. The summed E-state index contributed by atoms with van der Waals surface area (Å²) in [6.07, 6.45) is 0. The van der Waals surface area contributed by atoms with Crippen molar-refractivity contribution < 1.29 is 0 Å². The van der Waals surface area contributed by atoms with Gasteiger partial charge in [-0.3, -0.25) is 0 Å². The third kappa shape index (κ3) is 5.64. The molecule has 294 valence electrons. The Morgan fingerprint density at radius 1 is 0.349 bits per heavy atom. The number of nitrogens with zero attached hydrogens (tertiary/aromatic N) is 2. The minimum Gasteiger partial charge on any atom is -0.309 e. The van der Waals surface area contributed by atoms with Crippen LogP contribution in [0.5, 0.6) is 0 Å². The van der Waals surface area contributed by atoms with Crippen molar-refractivity contribution in [3.8, 4) is 27.9 Å². The molecule has 0 fully saturated rings. The van der Waals surface area contributed by atoms with Crippen molar-refractivity contribution in [3.63, 3.8) is 0 Å². The van der Waals surface area contributed by atoms with Gasteiger partial charge in [-0.1, -0.05) is 182 Å². The predicted molar refractivity (Wildman–Crippen MR) is 272 cm³/mol. The highest BCUT2D eigenvalue weighted by Gasteiger charge is 2.25. The highest BCUT2D eigenvalue weighted by atomic mass is 32.1. The fourth-order valence-electron chi connectivity index (χ4n) is 10.1. The van der Waals surface area contributed by atoms with Crippen LogP contribution in [-0.2, 0) is 0 Å². The van der Waals surface area contributed by atoms with Crippen molar-refractivity contribution >= 4 is 103 Å². The Morgan fingerprint density at radius 3 is 1.75 bits per heavy atom. The summed E-state index contributed by atoms with van der Waals surface area (Å²) in [7, 11) is 0. The van der Waals surface area contributed by atoms with Gasteiger partial charge in [0, 0.05) is 43.0 Å². The lowest BCUT2D eigenvalue weighted by atomic mass is 9.98. The molecule has 2 heterocycles. The van der Waals surface area contributed by atoms with Gasteiger partial charge in [0.25, 0.3) is 0 Å². The highest BCUT2D eigenvalue weighted by Crippen LogP contribution is 2.50. The molecule has 13 rings (SSSR count). The van der Waals surface area contributed by atoms with Crippen LogP contribution in [0.3, 0.4) is 0 Å². The van der Waals surface area contributed by atoms with Gasteiger partial charge in [0.1, 0.15) is 0 Å². The van der Waals surface area contributed by atoms with E-state index < -0.39 is 0 Å². The quantitative estimate of drug-likeness (QED) is 0.162. The van der Waals surface area contributed by atoms with E-state index in [0.29, 0.717) is 0 Å². The van der Waals surface area contributed by atoms with Crippen LogP contribution in [0.1, 0.15) is 0 Å². The molecule has 0 unspecified atom stereocenters. The third-order valence-electron chi connectivity index (χ3n) is 13.0. The van der Waals surface area contributed by atoms with Gasteiger partial charge in [-0.2, -0.15) is 0 Å². The van der Waals surface area contributed by atoms with Crippen molar-refractivity contribution in [3.05, 3.63) is 231 Å². The van der Waals surface area contributed by atoms with Gasteiger partial charge < -0.3 is 9.47 Å². The average Bonchev–Trinajstić information content (AvgIpc) is 3.92. The lowest BCUT2D eigenvalue weighted by molar-refractivity contribution is 1.19. The Kier molecular flexibility index (Phi) is 8.12. The zero-order valence-corrected chi connectivity index (χ0v) is 35.1. The minimum atomic E-state index is 1.11. The van der Waals surface area contributed by atoms with E-state index >= 15 is 0 Å². The lowest BCUT2D eigenvalue weighted by Gasteiger charge is -2.27. The summed E-state index contributed by atoms with van der Waals surface area (Å²) in [5.74, 6) is 0. The Balaban J connectivity index is 1.09. The topological polar surface area (TPSA) is 8.17 Å². The molecule has 0 aliphatic carbocycles. The molecule has 0 spiro atoms. The number of thiophene rings is 1. The maximum absolute atomic E-state index is 2.52. The summed E-state index contributed by atoms with van der Waals surface area (Å²) in [4.78, 5) is 2.52. The number of hydrogen-bond donors (Lipinski definition) is 0. The van der Waals surface area contributed by atoms with E-state index in [9.17, 15) is 0 Å². The summed E-state index contributed by atoms with van der Waals surface area (Å²) >= 11 is 1.89. The zero-order valence-electron chi connectivity index (χ0n) is 34.2. The van der Waals surface area contributed by atoms with Gasteiger partial charge in [0.2, 0.25) is 0 Å². The lowest BCUT2D eigenvalue weighted by Crippen LogP contribution is -2.10. The first-order chi connectivity index (χ1) is 31.3. The van der Waals surface area contributed by atoms with E-state index in [4.69, 9.17) is 0 Å². The zero-order chi connectivity index (χ0) is 41.4. The monoisotopic (exact) mass is 818 g/mol. The second-order valence-corrected chi connectivity index (χ2v) is 17.5. The molecule has 3 heteroatoms. The van der Waals surface area contributed by atoms with Crippen molar-refractivity contribution in [1.29, 1.82) is 0 Å². The Labute approximate surface area is 368 Å². The molecule has 0 atom stereocenters. The molecular weight excluding hydrogens is 781 g/mol. The smallest absolute Gasteiger partial charge is 0.0640 e. The summed E-state index contributed by atoms with van der Waals surface area (Å²) in [6.45, 7) is 0. The molecule has 2 nitrogen and oxygen atoms in total. The predicted octanol–water partition coefficient (Wildman–Crippen LogP) is 17.4. The van der Waals surface area contributed by atoms with Gasteiger partial charge in [-0.05, 0) is 97.7 Å². The first kappa shape index (κ1) is 35.7. The minimum absolute atomic E-state index is 1.11. The second kappa shape index (κ2) is 14.3. The molecule has 63 heavy (non-hydrogen) atoms. The molecule has 0 aliphatic rings. The molecule has 0 saturated heterocycles. The fourth-order valence-corrected chi connectivity index (χ4v) is 11.3. The SMILES string of the molecule is c1ccc(-c2ccc(-n3c4cccc(N(c5ccc(-c6cccc7ccccc67)cc5)c5cccc6c5sc5ccc7ccccc7c56)c4c4ccc5ccccc5c43)cc2)cc1. The largest absolute Gasteiger partial charge is 0.309 e. The first-order valence-electron chi connectivity index (χ1n) is 21.6.